The molecule has 6 heteroatoms. The van der Waals surface area contributed by atoms with Crippen LogP contribution in [0.3, 0.4) is 0 Å². The molecule has 1 aliphatic rings. The number of nitrogens with zero attached hydrogens (tertiary/aromatic N) is 2. The first-order valence-electron chi connectivity index (χ1n) is 6.99. The minimum atomic E-state index is -4.38. The minimum Gasteiger partial charge on any atom is -0.371 e. The summed E-state index contributed by atoms with van der Waals surface area (Å²) < 4.78 is 37.9. The molecule has 1 aliphatic heterocycles. The molecule has 0 aliphatic carbocycles. The van der Waals surface area contributed by atoms with E-state index in [0.717, 1.165) is 45.1 Å². The maximum atomic E-state index is 12.6. The number of piperidine rings is 1. The molecule has 1 aromatic heterocycles. The highest BCUT2D eigenvalue weighted by Gasteiger charge is 2.33. The summed E-state index contributed by atoms with van der Waals surface area (Å²) in [6.07, 6.45) is -1.12. The first kappa shape index (κ1) is 15.1. The number of anilines is 1. The van der Waals surface area contributed by atoms with E-state index in [1.807, 2.05) is 4.90 Å². The summed E-state index contributed by atoms with van der Waals surface area (Å²) in [5, 5.41) is 3.32. The van der Waals surface area contributed by atoms with E-state index in [2.05, 4.69) is 17.2 Å². The number of hydrogen-bond donors (Lipinski definition) is 1. The Bertz CT molecular complexity index is 426. The van der Waals surface area contributed by atoms with Gasteiger partial charge in [-0.25, -0.2) is 0 Å². The number of rotatable bonds is 4. The van der Waals surface area contributed by atoms with Gasteiger partial charge in [0.1, 0.15) is 5.69 Å². The number of hydrogen-bond acceptors (Lipinski definition) is 3. The highest BCUT2D eigenvalue weighted by molar-refractivity contribution is 5.47. The van der Waals surface area contributed by atoms with Gasteiger partial charge in [-0.1, -0.05) is 6.92 Å². The van der Waals surface area contributed by atoms with Crippen LogP contribution in [0.25, 0.3) is 0 Å². The molecule has 3 nitrogen and oxygen atoms in total. The molecular weight excluding hydrogens is 267 g/mol. The van der Waals surface area contributed by atoms with Gasteiger partial charge in [-0.05, 0) is 44.0 Å². The maximum absolute atomic E-state index is 12.6. The van der Waals surface area contributed by atoms with Crippen molar-refractivity contribution >= 4 is 5.69 Å². The zero-order valence-electron chi connectivity index (χ0n) is 11.6. The molecule has 112 valence electrons. The monoisotopic (exact) mass is 287 g/mol. The molecule has 0 amide bonds. The normalized spacial score (nSPS) is 17.5. The quantitative estimate of drug-likeness (QED) is 0.923. The van der Waals surface area contributed by atoms with Crippen molar-refractivity contribution in [2.75, 3.05) is 31.1 Å². The number of alkyl halides is 3. The molecule has 1 fully saturated rings. The molecule has 0 bridgehead atoms. The summed E-state index contributed by atoms with van der Waals surface area (Å²) in [5.74, 6) is 0.620. The number of aromatic nitrogens is 1. The second kappa shape index (κ2) is 6.43. The van der Waals surface area contributed by atoms with Gasteiger partial charge >= 0.3 is 6.18 Å². The van der Waals surface area contributed by atoms with E-state index in [4.69, 9.17) is 0 Å². The van der Waals surface area contributed by atoms with Crippen LogP contribution in [0.2, 0.25) is 0 Å². The number of halogens is 3. The summed E-state index contributed by atoms with van der Waals surface area (Å²) in [6.45, 7) is 5.63. The zero-order valence-corrected chi connectivity index (χ0v) is 11.6. The van der Waals surface area contributed by atoms with Gasteiger partial charge < -0.3 is 10.2 Å². The Kier molecular flexibility index (Phi) is 4.86. The van der Waals surface area contributed by atoms with Gasteiger partial charge in [0.15, 0.2) is 0 Å². The van der Waals surface area contributed by atoms with E-state index in [-0.39, 0.29) is 0 Å². The van der Waals surface area contributed by atoms with Gasteiger partial charge in [0.2, 0.25) is 0 Å². The fourth-order valence-corrected chi connectivity index (χ4v) is 2.51. The molecule has 0 radical (unpaired) electrons. The van der Waals surface area contributed by atoms with Gasteiger partial charge in [-0.2, -0.15) is 13.2 Å². The van der Waals surface area contributed by atoms with Crippen LogP contribution in [0.5, 0.6) is 0 Å². The summed E-state index contributed by atoms with van der Waals surface area (Å²) >= 11 is 0. The third-order valence-corrected chi connectivity index (χ3v) is 3.70. The van der Waals surface area contributed by atoms with Crippen LogP contribution in [-0.4, -0.2) is 31.2 Å². The van der Waals surface area contributed by atoms with Gasteiger partial charge in [-0.3, -0.25) is 4.98 Å². The molecule has 0 spiro atoms. The van der Waals surface area contributed by atoms with Crippen LogP contribution < -0.4 is 10.2 Å². The Labute approximate surface area is 117 Å². The van der Waals surface area contributed by atoms with Crippen molar-refractivity contribution in [3.8, 4) is 0 Å². The van der Waals surface area contributed by atoms with E-state index in [1.54, 1.807) is 6.07 Å². The van der Waals surface area contributed by atoms with Crippen LogP contribution >= 0.6 is 0 Å². The molecule has 0 atom stereocenters. The molecule has 0 aromatic carbocycles. The molecule has 0 saturated carbocycles. The second-order valence-electron chi connectivity index (χ2n) is 5.14. The van der Waals surface area contributed by atoms with Crippen molar-refractivity contribution in [1.82, 2.24) is 10.3 Å². The summed E-state index contributed by atoms with van der Waals surface area (Å²) in [6, 6.07) is 2.80. The number of pyridine rings is 1. The average Bonchev–Trinajstić information content (AvgIpc) is 2.45. The van der Waals surface area contributed by atoms with Gasteiger partial charge in [0.25, 0.3) is 0 Å². The fraction of sp³-hybridized carbons (Fsp3) is 0.643. The molecule has 0 unspecified atom stereocenters. The fourth-order valence-electron chi connectivity index (χ4n) is 2.51. The van der Waals surface area contributed by atoms with E-state index in [9.17, 15) is 13.2 Å². The topological polar surface area (TPSA) is 28.2 Å². The van der Waals surface area contributed by atoms with Crippen molar-refractivity contribution in [3.05, 3.63) is 24.0 Å². The first-order chi connectivity index (χ1) is 9.50. The average molecular weight is 287 g/mol. The zero-order chi connectivity index (χ0) is 14.6. The minimum absolute atomic E-state index is 0.620. The van der Waals surface area contributed by atoms with E-state index < -0.39 is 11.9 Å². The summed E-state index contributed by atoms with van der Waals surface area (Å²) in [7, 11) is 0. The van der Waals surface area contributed by atoms with Crippen LogP contribution in [0.1, 0.15) is 25.5 Å². The Morgan fingerprint density at radius 2 is 2.05 bits per heavy atom. The Hall–Kier alpha value is -1.30. The van der Waals surface area contributed by atoms with Crippen LogP contribution in [-0.2, 0) is 6.18 Å². The Morgan fingerprint density at radius 1 is 1.35 bits per heavy atom. The standard InChI is InChI=1S/C14H20F3N3/c1-2-18-10-11-4-7-20(8-5-11)12-3-6-19-13(9-12)14(15,16)17/h3,6,9,11,18H,2,4-5,7-8,10H2,1H3. The Balaban J connectivity index is 1.97. The van der Waals surface area contributed by atoms with E-state index in [0.29, 0.717) is 11.6 Å². The number of nitrogens with one attached hydrogen (secondary N) is 1. The summed E-state index contributed by atoms with van der Waals surface area (Å²) in [4.78, 5) is 5.41. The molecule has 20 heavy (non-hydrogen) atoms. The predicted molar refractivity (Wildman–Crippen MR) is 72.7 cm³/mol. The lowest BCUT2D eigenvalue weighted by atomic mass is 9.96. The lowest BCUT2D eigenvalue weighted by Gasteiger charge is -2.33. The SMILES string of the molecule is CCNCC1CCN(c2ccnc(C(F)(F)F)c2)CC1. The molecule has 2 heterocycles. The van der Waals surface area contributed by atoms with Crippen molar-refractivity contribution in [1.29, 1.82) is 0 Å². The van der Waals surface area contributed by atoms with Gasteiger partial charge in [0.05, 0.1) is 0 Å². The largest absolute Gasteiger partial charge is 0.433 e. The Morgan fingerprint density at radius 3 is 2.65 bits per heavy atom. The second-order valence-corrected chi connectivity index (χ2v) is 5.14. The van der Waals surface area contributed by atoms with Crippen molar-refractivity contribution in [3.63, 3.8) is 0 Å². The molecule has 1 N–H and O–H groups in total. The molecule has 1 aromatic rings. The molecule has 2 rings (SSSR count). The summed E-state index contributed by atoms with van der Waals surface area (Å²) in [5.41, 5.74) is -0.195. The third kappa shape index (κ3) is 3.85. The highest BCUT2D eigenvalue weighted by Crippen LogP contribution is 2.31. The lowest BCUT2D eigenvalue weighted by Crippen LogP contribution is -2.37. The first-order valence-corrected chi connectivity index (χ1v) is 6.99. The smallest absolute Gasteiger partial charge is 0.371 e. The van der Waals surface area contributed by atoms with Crippen molar-refractivity contribution < 1.29 is 13.2 Å². The predicted octanol–water partition coefficient (Wildman–Crippen LogP) is 2.93. The van der Waals surface area contributed by atoms with Gasteiger partial charge in [-0.15, -0.1) is 0 Å². The van der Waals surface area contributed by atoms with Crippen LogP contribution in [0.4, 0.5) is 18.9 Å². The van der Waals surface area contributed by atoms with Crippen molar-refractivity contribution in [2.24, 2.45) is 5.92 Å². The van der Waals surface area contributed by atoms with Crippen LogP contribution in [0, 0.1) is 5.92 Å². The molecular formula is C14H20F3N3. The molecule has 1 saturated heterocycles. The van der Waals surface area contributed by atoms with Crippen molar-refractivity contribution in [2.45, 2.75) is 25.9 Å². The highest BCUT2D eigenvalue weighted by atomic mass is 19.4. The third-order valence-electron chi connectivity index (χ3n) is 3.70. The van der Waals surface area contributed by atoms with E-state index in [1.165, 1.54) is 6.20 Å². The lowest BCUT2D eigenvalue weighted by molar-refractivity contribution is -0.141. The van der Waals surface area contributed by atoms with Gasteiger partial charge in [0, 0.05) is 25.0 Å². The van der Waals surface area contributed by atoms with Crippen LogP contribution in [0.15, 0.2) is 18.3 Å². The van der Waals surface area contributed by atoms with E-state index >= 15 is 0 Å². The maximum Gasteiger partial charge on any atom is 0.433 e.